The molecule has 0 spiro atoms. The Balaban J connectivity index is 2.87. The predicted molar refractivity (Wildman–Crippen MR) is 93.1 cm³/mol. The fraction of sp³-hybridized carbons (Fsp3) is 0.706. The van der Waals surface area contributed by atoms with Crippen molar-refractivity contribution in [2.24, 2.45) is 11.8 Å². The van der Waals surface area contributed by atoms with Crippen LogP contribution in [0.1, 0.15) is 47.1 Å². The molecule has 0 saturated heterocycles. The molecule has 0 unspecified atom stereocenters. The molecule has 0 saturated carbocycles. The van der Waals surface area contributed by atoms with E-state index >= 15 is 0 Å². The van der Waals surface area contributed by atoms with Gasteiger partial charge >= 0.3 is 0 Å². The molecule has 0 fully saturated rings. The summed E-state index contributed by atoms with van der Waals surface area (Å²) in [6.45, 7) is 16.1. The average molecular weight is 312 g/mol. The van der Waals surface area contributed by atoms with Gasteiger partial charge in [0.1, 0.15) is 5.82 Å². The molecular formula is C17H30ClN3. The summed E-state index contributed by atoms with van der Waals surface area (Å²) in [6, 6.07) is 2.55. The fourth-order valence-electron chi connectivity index (χ4n) is 2.22. The number of hydrogen-bond donors (Lipinski definition) is 1. The summed E-state index contributed by atoms with van der Waals surface area (Å²) >= 11 is 6.28. The van der Waals surface area contributed by atoms with Gasteiger partial charge in [-0.15, -0.1) is 0 Å². The first-order chi connectivity index (χ1) is 9.81. The van der Waals surface area contributed by atoms with Crippen molar-refractivity contribution < 1.29 is 0 Å². The van der Waals surface area contributed by atoms with E-state index in [0.717, 1.165) is 36.0 Å². The normalized spacial score (nSPS) is 11.7. The van der Waals surface area contributed by atoms with Crippen molar-refractivity contribution in [1.29, 1.82) is 0 Å². The Hall–Kier alpha value is -0.800. The van der Waals surface area contributed by atoms with Gasteiger partial charge in [0.15, 0.2) is 0 Å². The smallest absolute Gasteiger partial charge is 0.129 e. The van der Waals surface area contributed by atoms with Crippen molar-refractivity contribution in [3.63, 3.8) is 0 Å². The highest BCUT2D eigenvalue weighted by Crippen LogP contribution is 2.22. The van der Waals surface area contributed by atoms with Crippen LogP contribution >= 0.6 is 11.6 Å². The molecule has 1 aromatic rings. The van der Waals surface area contributed by atoms with Gasteiger partial charge in [-0.25, -0.2) is 4.98 Å². The van der Waals surface area contributed by atoms with Crippen molar-refractivity contribution >= 4 is 17.4 Å². The van der Waals surface area contributed by atoms with Crippen LogP contribution in [0.2, 0.25) is 5.02 Å². The molecule has 0 aliphatic heterocycles. The first-order valence-electron chi connectivity index (χ1n) is 7.93. The van der Waals surface area contributed by atoms with E-state index in [9.17, 15) is 0 Å². The summed E-state index contributed by atoms with van der Waals surface area (Å²) in [5, 5.41) is 4.19. The summed E-state index contributed by atoms with van der Waals surface area (Å²) in [5.41, 5.74) is 1.12. The predicted octanol–water partition coefficient (Wildman–Crippen LogP) is 4.35. The zero-order valence-electron chi connectivity index (χ0n) is 14.3. The van der Waals surface area contributed by atoms with Gasteiger partial charge in [-0.05, 0) is 43.9 Å². The lowest BCUT2D eigenvalue weighted by Gasteiger charge is -2.30. The van der Waals surface area contributed by atoms with Crippen LogP contribution in [0.25, 0.3) is 0 Å². The third-order valence-corrected chi connectivity index (χ3v) is 3.61. The quantitative estimate of drug-likeness (QED) is 0.773. The van der Waals surface area contributed by atoms with Crippen LogP contribution in [0.3, 0.4) is 0 Å². The first kappa shape index (κ1) is 18.2. The molecule has 0 aromatic carbocycles. The van der Waals surface area contributed by atoms with Gasteiger partial charge in [-0.1, -0.05) is 39.3 Å². The SMILES string of the molecule is CC(C)CNCc1cc(N(CC(C)C)C(C)C)ncc1Cl. The highest BCUT2D eigenvalue weighted by atomic mass is 35.5. The van der Waals surface area contributed by atoms with E-state index in [1.165, 1.54) is 0 Å². The molecule has 21 heavy (non-hydrogen) atoms. The lowest BCUT2D eigenvalue weighted by Crippen LogP contribution is -2.35. The number of anilines is 1. The maximum Gasteiger partial charge on any atom is 0.129 e. The molecule has 1 N–H and O–H groups in total. The lowest BCUT2D eigenvalue weighted by molar-refractivity contribution is 0.550. The maximum absolute atomic E-state index is 6.28. The Bertz CT molecular complexity index is 430. The van der Waals surface area contributed by atoms with E-state index in [1.54, 1.807) is 6.20 Å². The third-order valence-electron chi connectivity index (χ3n) is 3.27. The van der Waals surface area contributed by atoms with E-state index in [4.69, 9.17) is 11.6 Å². The Labute approximate surface area is 135 Å². The molecule has 1 heterocycles. The first-order valence-corrected chi connectivity index (χ1v) is 8.30. The average Bonchev–Trinajstić information content (AvgIpc) is 2.37. The zero-order chi connectivity index (χ0) is 16.0. The van der Waals surface area contributed by atoms with Crippen molar-refractivity contribution in [1.82, 2.24) is 10.3 Å². The molecule has 0 atom stereocenters. The zero-order valence-corrected chi connectivity index (χ0v) is 15.0. The van der Waals surface area contributed by atoms with Gasteiger partial charge in [0.05, 0.1) is 5.02 Å². The van der Waals surface area contributed by atoms with E-state index in [2.05, 4.69) is 62.8 Å². The Morgan fingerprint density at radius 3 is 2.33 bits per heavy atom. The van der Waals surface area contributed by atoms with Crippen LogP contribution in [-0.4, -0.2) is 24.1 Å². The monoisotopic (exact) mass is 311 g/mol. The number of rotatable bonds is 8. The number of nitrogens with one attached hydrogen (secondary N) is 1. The summed E-state index contributed by atoms with van der Waals surface area (Å²) in [4.78, 5) is 6.86. The van der Waals surface area contributed by atoms with E-state index < -0.39 is 0 Å². The van der Waals surface area contributed by atoms with Crippen LogP contribution in [0.15, 0.2) is 12.3 Å². The maximum atomic E-state index is 6.28. The van der Waals surface area contributed by atoms with Gasteiger partial charge in [0, 0.05) is 25.3 Å². The largest absolute Gasteiger partial charge is 0.354 e. The molecule has 4 heteroatoms. The molecule has 0 amide bonds. The van der Waals surface area contributed by atoms with Crippen molar-refractivity contribution in [3.8, 4) is 0 Å². The van der Waals surface area contributed by atoms with Crippen LogP contribution in [-0.2, 0) is 6.54 Å². The number of hydrogen-bond acceptors (Lipinski definition) is 3. The van der Waals surface area contributed by atoms with Gasteiger partial charge in [0.25, 0.3) is 0 Å². The minimum atomic E-state index is 0.428. The second-order valence-electron chi connectivity index (χ2n) is 6.80. The standard InChI is InChI=1S/C17H30ClN3/c1-12(2)8-19-9-15-7-17(20-10-16(15)18)21(14(5)6)11-13(3)4/h7,10,12-14,19H,8-9,11H2,1-6H3. The minimum absolute atomic E-state index is 0.428. The summed E-state index contributed by atoms with van der Waals surface area (Å²) < 4.78 is 0. The molecule has 1 rings (SSSR count). The molecular weight excluding hydrogens is 282 g/mol. The molecule has 3 nitrogen and oxygen atoms in total. The molecule has 120 valence electrons. The molecule has 0 radical (unpaired) electrons. The Morgan fingerprint density at radius 1 is 1.14 bits per heavy atom. The number of aromatic nitrogens is 1. The fourth-order valence-corrected chi connectivity index (χ4v) is 2.39. The molecule has 1 aromatic heterocycles. The second kappa shape index (κ2) is 8.60. The summed E-state index contributed by atoms with van der Waals surface area (Å²) in [5.74, 6) is 2.26. The van der Waals surface area contributed by atoms with Gasteiger partial charge in [-0.3, -0.25) is 0 Å². The number of pyridine rings is 1. The van der Waals surface area contributed by atoms with Gasteiger partial charge in [-0.2, -0.15) is 0 Å². The lowest BCUT2D eigenvalue weighted by atomic mass is 10.1. The van der Waals surface area contributed by atoms with E-state index in [1.807, 2.05) is 0 Å². The summed E-state index contributed by atoms with van der Waals surface area (Å²) in [6.07, 6.45) is 1.78. The highest BCUT2D eigenvalue weighted by Gasteiger charge is 2.15. The third kappa shape index (κ3) is 6.23. The number of nitrogens with zero attached hydrogens (tertiary/aromatic N) is 2. The summed E-state index contributed by atoms with van der Waals surface area (Å²) in [7, 11) is 0. The topological polar surface area (TPSA) is 28.2 Å². The van der Waals surface area contributed by atoms with Gasteiger partial charge in [0.2, 0.25) is 0 Å². The van der Waals surface area contributed by atoms with Gasteiger partial charge < -0.3 is 10.2 Å². The molecule has 0 aliphatic carbocycles. The second-order valence-corrected chi connectivity index (χ2v) is 7.21. The van der Waals surface area contributed by atoms with Crippen molar-refractivity contribution in [3.05, 3.63) is 22.8 Å². The van der Waals surface area contributed by atoms with E-state index in [-0.39, 0.29) is 0 Å². The number of halogens is 1. The minimum Gasteiger partial charge on any atom is -0.354 e. The molecule has 0 bridgehead atoms. The van der Waals surface area contributed by atoms with Crippen molar-refractivity contribution in [2.45, 2.75) is 54.1 Å². The van der Waals surface area contributed by atoms with Crippen LogP contribution in [0, 0.1) is 11.8 Å². The molecule has 0 aliphatic rings. The Kier molecular flexibility index (Phi) is 7.47. The van der Waals surface area contributed by atoms with Crippen LogP contribution < -0.4 is 10.2 Å². The van der Waals surface area contributed by atoms with Crippen LogP contribution in [0.4, 0.5) is 5.82 Å². The van der Waals surface area contributed by atoms with E-state index in [0.29, 0.717) is 17.9 Å². The van der Waals surface area contributed by atoms with Crippen molar-refractivity contribution in [2.75, 3.05) is 18.0 Å². The highest BCUT2D eigenvalue weighted by molar-refractivity contribution is 6.31. The Morgan fingerprint density at radius 2 is 1.81 bits per heavy atom. The van der Waals surface area contributed by atoms with Crippen LogP contribution in [0.5, 0.6) is 0 Å².